The third-order valence-corrected chi connectivity index (χ3v) is 2.78. The Bertz CT molecular complexity index is 460. The van der Waals surface area contributed by atoms with Crippen molar-refractivity contribution in [3.63, 3.8) is 0 Å². The van der Waals surface area contributed by atoms with E-state index in [9.17, 15) is 9.59 Å². The lowest BCUT2D eigenvalue weighted by atomic mass is 10.2. The predicted octanol–water partition coefficient (Wildman–Crippen LogP) is 0.677. The average Bonchev–Trinajstić information content (AvgIpc) is 2.45. The van der Waals surface area contributed by atoms with Gasteiger partial charge in [-0.15, -0.1) is 0 Å². The number of nitrogens with one attached hydrogen (secondary N) is 1. The molecule has 3 N–H and O–H groups in total. The number of anilines is 1. The predicted molar refractivity (Wildman–Crippen MR) is 73.1 cm³/mol. The van der Waals surface area contributed by atoms with Gasteiger partial charge in [0.25, 0.3) is 0 Å². The molecule has 0 heterocycles. The number of hydrogen-bond acceptors (Lipinski definition) is 4. The Labute approximate surface area is 116 Å². The van der Waals surface area contributed by atoms with Crippen molar-refractivity contribution in [3.05, 3.63) is 24.3 Å². The lowest BCUT2D eigenvalue weighted by Gasteiger charge is -2.21. The van der Waals surface area contributed by atoms with Crippen LogP contribution in [0, 0.1) is 0 Å². The second-order valence-electron chi connectivity index (χ2n) is 4.11. The van der Waals surface area contributed by atoms with E-state index in [0.717, 1.165) is 0 Å². The van der Waals surface area contributed by atoms with Crippen molar-refractivity contribution < 1.29 is 24.5 Å². The molecule has 1 aromatic carbocycles. The summed E-state index contributed by atoms with van der Waals surface area (Å²) in [7, 11) is 3.06. The van der Waals surface area contributed by atoms with Gasteiger partial charge in [0, 0.05) is 25.8 Å². The Balaban J connectivity index is 2.71. The molecule has 20 heavy (non-hydrogen) atoms. The molecule has 1 rings (SSSR count). The molecule has 110 valence electrons. The van der Waals surface area contributed by atoms with E-state index in [1.165, 1.54) is 19.1 Å². The van der Waals surface area contributed by atoms with Crippen molar-refractivity contribution in [2.75, 3.05) is 25.7 Å². The monoisotopic (exact) mass is 282 g/mol. The van der Waals surface area contributed by atoms with Gasteiger partial charge in [-0.2, -0.15) is 0 Å². The number of aliphatic carboxylic acids is 1. The van der Waals surface area contributed by atoms with Gasteiger partial charge in [-0.25, -0.2) is 9.59 Å². The fourth-order valence-electron chi connectivity index (χ4n) is 1.56. The van der Waals surface area contributed by atoms with Crippen LogP contribution in [0.15, 0.2) is 24.3 Å². The van der Waals surface area contributed by atoms with E-state index in [0.29, 0.717) is 11.4 Å². The molecule has 0 aliphatic carbocycles. The van der Waals surface area contributed by atoms with E-state index in [1.54, 1.807) is 24.3 Å². The maximum atomic E-state index is 11.9. The highest BCUT2D eigenvalue weighted by atomic mass is 16.5. The number of aliphatic hydroxyl groups is 1. The topological polar surface area (TPSA) is 99.1 Å². The number of carbonyl (C=O) groups excluding carboxylic acids is 1. The Morgan fingerprint density at radius 2 is 1.95 bits per heavy atom. The molecule has 1 aromatic rings. The minimum Gasteiger partial charge on any atom is -0.497 e. The molecule has 0 saturated carbocycles. The highest BCUT2D eigenvalue weighted by molar-refractivity contribution is 5.94. The van der Waals surface area contributed by atoms with Crippen LogP contribution in [-0.4, -0.2) is 49.0 Å². The average molecular weight is 282 g/mol. The smallest absolute Gasteiger partial charge is 0.326 e. The van der Waals surface area contributed by atoms with Crippen LogP contribution in [0.3, 0.4) is 0 Å². The van der Waals surface area contributed by atoms with Gasteiger partial charge >= 0.3 is 12.0 Å². The summed E-state index contributed by atoms with van der Waals surface area (Å²) in [6, 6.07) is 5.08. The summed E-state index contributed by atoms with van der Waals surface area (Å²) in [5.74, 6) is -0.526. The summed E-state index contributed by atoms with van der Waals surface area (Å²) in [4.78, 5) is 24.1. The molecule has 1 unspecified atom stereocenters. The number of methoxy groups -OCH3 is 1. The Morgan fingerprint density at radius 1 is 1.35 bits per heavy atom. The van der Waals surface area contributed by atoms with Crippen molar-refractivity contribution in [1.29, 1.82) is 0 Å². The van der Waals surface area contributed by atoms with E-state index < -0.39 is 18.0 Å². The Morgan fingerprint density at radius 3 is 2.40 bits per heavy atom. The number of aliphatic hydroxyl groups excluding tert-OH is 1. The van der Waals surface area contributed by atoms with Gasteiger partial charge in [-0.3, -0.25) is 4.90 Å². The SMILES string of the molecule is COc1ccc(N(C)C(=O)NC(CCO)C(=O)O)cc1. The highest BCUT2D eigenvalue weighted by Crippen LogP contribution is 2.18. The van der Waals surface area contributed by atoms with Crippen LogP contribution in [0.1, 0.15) is 6.42 Å². The molecule has 0 aliphatic rings. The number of ether oxygens (including phenoxy) is 1. The number of amides is 2. The van der Waals surface area contributed by atoms with Crippen molar-refractivity contribution in [2.45, 2.75) is 12.5 Å². The Kier molecular flexibility index (Phi) is 5.79. The van der Waals surface area contributed by atoms with Crippen LogP contribution < -0.4 is 15.0 Å². The van der Waals surface area contributed by atoms with Crippen molar-refractivity contribution in [1.82, 2.24) is 5.32 Å². The molecule has 0 fully saturated rings. The number of benzene rings is 1. The summed E-state index contributed by atoms with van der Waals surface area (Å²) in [5, 5.41) is 20.0. The van der Waals surface area contributed by atoms with Gasteiger partial charge in [-0.05, 0) is 24.3 Å². The highest BCUT2D eigenvalue weighted by Gasteiger charge is 2.21. The maximum absolute atomic E-state index is 11.9. The summed E-state index contributed by atoms with van der Waals surface area (Å²) < 4.78 is 5.01. The van der Waals surface area contributed by atoms with E-state index >= 15 is 0 Å². The number of rotatable bonds is 6. The zero-order valence-electron chi connectivity index (χ0n) is 11.4. The van der Waals surface area contributed by atoms with Crippen LogP contribution in [0.2, 0.25) is 0 Å². The number of hydrogen-bond donors (Lipinski definition) is 3. The molecule has 0 radical (unpaired) electrons. The first-order chi connectivity index (χ1) is 9.49. The molecule has 1 atom stereocenters. The molecular formula is C13H18N2O5. The summed E-state index contributed by atoms with van der Waals surface area (Å²) in [6.07, 6.45) is -0.0441. The van der Waals surface area contributed by atoms with Crippen LogP contribution in [0.25, 0.3) is 0 Å². The Hall–Kier alpha value is -2.28. The summed E-state index contributed by atoms with van der Waals surface area (Å²) in [5.41, 5.74) is 0.594. The molecule has 7 heteroatoms. The van der Waals surface area contributed by atoms with Gasteiger partial charge in [0.1, 0.15) is 11.8 Å². The minimum absolute atomic E-state index is 0.0441. The lowest BCUT2D eigenvalue weighted by molar-refractivity contribution is -0.139. The zero-order valence-corrected chi connectivity index (χ0v) is 11.4. The first-order valence-electron chi connectivity index (χ1n) is 6.01. The van der Waals surface area contributed by atoms with E-state index in [-0.39, 0.29) is 13.0 Å². The second-order valence-corrected chi connectivity index (χ2v) is 4.11. The third-order valence-electron chi connectivity index (χ3n) is 2.78. The van der Waals surface area contributed by atoms with Gasteiger partial charge in [0.05, 0.1) is 7.11 Å². The molecule has 0 bridgehead atoms. The molecule has 0 spiro atoms. The quantitative estimate of drug-likeness (QED) is 0.712. The zero-order chi connectivity index (χ0) is 15.1. The number of urea groups is 1. The molecular weight excluding hydrogens is 264 g/mol. The van der Waals surface area contributed by atoms with Crippen molar-refractivity contribution >= 4 is 17.7 Å². The normalized spacial score (nSPS) is 11.6. The number of carbonyl (C=O) groups is 2. The van der Waals surface area contributed by atoms with Crippen molar-refractivity contribution in [3.8, 4) is 5.75 Å². The lowest BCUT2D eigenvalue weighted by Crippen LogP contribution is -2.47. The van der Waals surface area contributed by atoms with Gasteiger partial charge in [0.15, 0.2) is 0 Å². The maximum Gasteiger partial charge on any atom is 0.326 e. The van der Waals surface area contributed by atoms with E-state index in [2.05, 4.69) is 5.32 Å². The van der Waals surface area contributed by atoms with Crippen molar-refractivity contribution in [2.24, 2.45) is 0 Å². The number of carboxylic acids is 1. The van der Waals surface area contributed by atoms with E-state index in [1.807, 2.05) is 0 Å². The summed E-state index contributed by atoms with van der Waals surface area (Å²) >= 11 is 0. The van der Waals surface area contributed by atoms with Gasteiger partial charge in [-0.1, -0.05) is 0 Å². The second kappa shape index (κ2) is 7.34. The molecule has 7 nitrogen and oxygen atoms in total. The van der Waals surface area contributed by atoms with Crippen LogP contribution in [0.4, 0.5) is 10.5 Å². The molecule has 0 aliphatic heterocycles. The summed E-state index contributed by atoms with van der Waals surface area (Å²) in [6.45, 7) is -0.316. The molecule has 0 aromatic heterocycles. The molecule has 2 amide bonds. The van der Waals surface area contributed by atoms with Crippen LogP contribution in [0.5, 0.6) is 5.75 Å². The van der Waals surface area contributed by atoms with E-state index in [4.69, 9.17) is 14.9 Å². The first-order valence-corrected chi connectivity index (χ1v) is 6.01. The van der Waals surface area contributed by atoms with Gasteiger partial charge < -0.3 is 20.3 Å². The number of carboxylic acid groups (broad SMARTS) is 1. The number of nitrogens with zero attached hydrogens (tertiary/aromatic N) is 1. The third kappa shape index (κ3) is 4.13. The fourth-order valence-corrected chi connectivity index (χ4v) is 1.56. The van der Waals surface area contributed by atoms with Crippen LogP contribution >= 0.6 is 0 Å². The van der Waals surface area contributed by atoms with Crippen LogP contribution in [-0.2, 0) is 4.79 Å². The first kappa shape index (κ1) is 15.8. The largest absolute Gasteiger partial charge is 0.497 e. The standard InChI is InChI=1S/C13H18N2O5/c1-15(9-3-5-10(20-2)6-4-9)13(19)14-11(7-8-16)12(17)18/h3-6,11,16H,7-8H2,1-2H3,(H,14,19)(H,17,18). The fraction of sp³-hybridized carbons (Fsp3) is 0.385. The minimum atomic E-state index is -1.18. The van der Waals surface area contributed by atoms with Gasteiger partial charge in [0.2, 0.25) is 0 Å². The molecule has 0 saturated heterocycles.